The van der Waals surface area contributed by atoms with Gasteiger partial charge in [0, 0.05) is 0 Å². The van der Waals surface area contributed by atoms with Crippen molar-refractivity contribution < 1.29 is 19.7 Å². The molecule has 0 unspecified atom stereocenters. The molecule has 1 rings (SSSR count). The van der Waals surface area contributed by atoms with E-state index in [9.17, 15) is 9.90 Å². The minimum Gasteiger partial charge on any atom is -0.504 e. The van der Waals surface area contributed by atoms with E-state index in [1.807, 2.05) is 0 Å². The van der Waals surface area contributed by atoms with Gasteiger partial charge in [0.15, 0.2) is 11.5 Å². The monoisotopic (exact) mass is 406 g/mol. The van der Waals surface area contributed by atoms with Gasteiger partial charge in [-0.1, -0.05) is 109 Å². The fourth-order valence-electron chi connectivity index (χ4n) is 3.64. The summed E-state index contributed by atoms with van der Waals surface area (Å²) in [7, 11) is 0. The molecule has 0 aliphatic heterocycles. The summed E-state index contributed by atoms with van der Waals surface area (Å²) in [5.41, 5.74) is -0.116. The molecule has 1 aromatic rings. The van der Waals surface area contributed by atoms with E-state index in [0.29, 0.717) is 6.61 Å². The Morgan fingerprint density at radius 3 is 1.66 bits per heavy atom. The zero-order valence-electron chi connectivity index (χ0n) is 18.5. The second kappa shape index (κ2) is 17.2. The van der Waals surface area contributed by atoms with E-state index in [-0.39, 0.29) is 17.1 Å². The molecule has 0 spiro atoms. The summed E-state index contributed by atoms with van der Waals surface area (Å²) >= 11 is 0. The predicted octanol–water partition coefficient (Wildman–Crippen LogP) is 7.73. The summed E-state index contributed by atoms with van der Waals surface area (Å²) in [6.45, 7) is 2.78. The van der Waals surface area contributed by atoms with Crippen LogP contribution in [0.3, 0.4) is 0 Å². The van der Waals surface area contributed by atoms with E-state index in [4.69, 9.17) is 9.84 Å². The van der Waals surface area contributed by atoms with Gasteiger partial charge in [0.05, 0.1) is 6.61 Å². The fourth-order valence-corrected chi connectivity index (χ4v) is 3.64. The maximum absolute atomic E-state index is 11.0. The van der Waals surface area contributed by atoms with Crippen LogP contribution >= 0.6 is 0 Å². The summed E-state index contributed by atoms with van der Waals surface area (Å²) in [6.07, 6.45) is 21.2. The zero-order chi connectivity index (χ0) is 21.2. The van der Waals surface area contributed by atoms with E-state index < -0.39 is 5.97 Å². The molecule has 4 heteroatoms. The number of unbranched alkanes of at least 4 members (excludes halogenated alkanes) is 15. The summed E-state index contributed by atoms with van der Waals surface area (Å²) in [5, 5.41) is 18.9. The Balaban J connectivity index is 1.87. The smallest absolute Gasteiger partial charge is 0.339 e. The van der Waals surface area contributed by atoms with Gasteiger partial charge >= 0.3 is 5.97 Å². The first-order valence-electron chi connectivity index (χ1n) is 11.8. The van der Waals surface area contributed by atoms with Gasteiger partial charge < -0.3 is 14.9 Å². The Bertz CT molecular complexity index is 542. The molecule has 2 N–H and O–H groups in total. The van der Waals surface area contributed by atoms with Crippen molar-refractivity contribution >= 4 is 5.97 Å². The molecule has 0 bridgehead atoms. The van der Waals surface area contributed by atoms with Gasteiger partial charge in [0.25, 0.3) is 0 Å². The summed E-state index contributed by atoms with van der Waals surface area (Å²) < 4.78 is 5.53. The van der Waals surface area contributed by atoms with Gasteiger partial charge in [0.1, 0.15) is 5.56 Å². The third kappa shape index (κ3) is 12.5. The number of carbonyl (C=O) groups is 1. The highest BCUT2D eigenvalue weighted by molar-refractivity contribution is 5.91. The number of rotatable bonds is 19. The summed E-state index contributed by atoms with van der Waals surface area (Å²) in [4.78, 5) is 11.0. The van der Waals surface area contributed by atoms with Crippen LogP contribution < -0.4 is 4.74 Å². The molecule has 29 heavy (non-hydrogen) atoms. The summed E-state index contributed by atoms with van der Waals surface area (Å²) in [5.74, 6) is -1.17. The molecular weight excluding hydrogens is 364 g/mol. The topological polar surface area (TPSA) is 66.8 Å². The maximum atomic E-state index is 11.0. The van der Waals surface area contributed by atoms with E-state index >= 15 is 0 Å². The van der Waals surface area contributed by atoms with Gasteiger partial charge in [-0.15, -0.1) is 0 Å². The molecular formula is C25H42O4. The highest BCUT2D eigenvalue weighted by atomic mass is 16.5. The highest BCUT2D eigenvalue weighted by Gasteiger charge is 2.13. The fraction of sp³-hybridized carbons (Fsp3) is 0.720. The largest absolute Gasteiger partial charge is 0.504 e. The number of ether oxygens (including phenoxy) is 1. The molecule has 0 aliphatic rings. The molecule has 0 radical (unpaired) electrons. The molecule has 0 fully saturated rings. The van der Waals surface area contributed by atoms with Crippen LogP contribution in [0.2, 0.25) is 0 Å². The Kier molecular flexibility index (Phi) is 15.0. The molecule has 0 saturated carbocycles. The first-order chi connectivity index (χ1) is 14.2. The Morgan fingerprint density at radius 2 is 1.21 bits per heavy atom. The van der Waals surface area contributed by atoms with Crippen molar-refractivity contribution in [3.05, 3.63) is 23.8 Å². The molecule has 0 aromatic heterocycles. The minimum atomic E-state index is -1.14. The number of carboxylic acids is 1. The van der Waals surface area contributed by atoms with E-state index in [0.717, 1.165) is 12.8 Å². The van der Waals surface area contributed by atoms with Gasteiger partial charge in [-0.3, -0.25) is 0 Å². The van der Waals surface area contributed by atoms with Crippen molar-refractivity contribution in [2.24, 2.45) is 0 Å². The standard InChI is InChI=1S/C25H42O4/c1-2-3-4-5-6-7-8-9-10-11-12-13-14-15-16-17-21-29-23-20-18-19-22(24(23)26)25(27)28/h18-20,26H,2-17,21H2,1H3,(H,27,28). The Morgan fingerprint density at radius 1 is 0.759 bits per heavy atom. The van der Waals surface area contributed by atoms with Gasteiger partial charge in [-0.2, -0.15) is 0 Å². The van der Waals surface area contributed by atoms with Gasteiger partial charge in [0.2, 0.25) is 0 Å². The van der Waals surface area contributed by atoms with E-state index in [2.05, 4.69) is 6.92 Å². The minimum absolute atomic E-state index is 0.116. The third-order valence-corrected chi connectivity index (χ3v) is 5.48. The number of aromatic carboxylic acids is 1. The van der Waals surface area contributed by atoms with Crippen LogP contribution in [0.4, 0.5) is 0 Å². The lowest BCUT2D eigenvalue weighted by Crippen LogP contribution is -2.01. The van der Waals surface area contributed by atoms with Crippen LogP contribution in [0.5, 0.6) is 11.5 Å². The number of carboxylic acid groups (broad SMARTS) is 1. The number of para-hydroxylation sites is 1. The van der Waals surface area contributed by atoms with Crippen LogP contribution in [0.25, 0.3) is 0 Å². The van der Waals surface area contributed by atoms with E-state index in [1.54, 1.807) is 12.1 Å². The number of phenols is 1. The third-order valence-electron chi connectivity index (χ3n) is 5.48. The normalized spacial score (nSPS) is 10.9. The first-order valence-corrected chi connectivity index (χ1v) is 11.8. The SMILES string of the molecule is CCCCCCCCCCCCCCCCCCOc1cccc(C(=O)O)c1O. The quantitative estimate of drug-likeness (QED) is 0.231. The maximum Gasteiger partial charge on any atom is 0.339 e. The summed E-state index contributed by atoms with van der Waals surface area (Å²) in [6, 6.07) is 4.57. The van der Waals surface area contributed by atoms with Crippen LogP contribution in [0, 0.1) is 0 Å². The van der Waals surface area contributed by atoms with Crippen LogP contribution in [0.15, 0.2) is 18.2 Å². The average molecular weight is 407 g/mol. The van der Waals surface area contributed by atoms with Crippen molar-refractivity contribution in [2.75, 3.05) is 6.61 Å². The van der Waals surface area contributed by atoms with Crippen LogP contribution in [-0.2, 0) is 0 Å². The predicted molar refractivity (Wildman–Crippen MR) is 120 cm³/mol. The molecule has 0 heterocycles. The molecule has 0 aliphatic carbocycles. The number of benzene rings is 1. The molecule has 0 amide bonds. The molecule has 1 aromatic carbocycles. The van der Waals surface area contributed by atoms with Gasteiger partial charge in [-0.25, -0.2) is 4.79 Å². The number of hydrogen-bond donors (Lipinski definition) is 2. The lowest BCUT2D eigenvalue weighted by atomic mass is 10.0. The second-order valence-corrected chi connectivity index (χ2v) is 8.11. The molecule has 0 atom stereocenters. The van der Waals surface area contributed by atoms with E-state index in [1.165, 1.54) is 96.0 Å². The van der Waals surface area contributed by atoms with Gasteiger partial charge in [-0.05, 0) is 18.6 Å². The Labute approximate surface area is 177 Å². The molecule has 4 nitrogen and oxygen atoms in total. The van der Waals surface area contributed by atoms with Crippen molar-refractivity contribution in [2.45, 2.75) is 110 Å². The lowest BCUT2D eigenvalue weighted by Gasteiger charge is -2.09. The van der Waals surface area contributed by atoms with Crippen LogP contribution in [-0.4, -0.2) is 22.8 Å². The first kappa shape index (κ1) is 25.3. The Hall–Kier alpha value is -1.71. The highest BCUT2D eigenvalue weighted by Crippen LogP contribution is 2.29. The van der Waals surface area contributed by atoms with Crippen molar-refractivity contribution in [3.8, 4) is 11.5 Å². The zero-order valence-corrected chi connectivity index (χ0v) is 18.5. The second-order valence-electron chi connectivity index (χ2n) is 8.11. The molecule has 0 saturated heterocycles. The number of aromatic hydroxyl groups is 1. The lowest BCUT2D eigenvalue weighted by molar-refractivity contribution is 0.0692. The van der Waals surface area contributed by atoms with Crippen molar-refractivity contribution in [3.63, 3.8) is 0 Å². The van der Waals surface area contributed by atoms with Crippen molar-refractivity contribution in [1.29, 1.82) is 0 Å². The average Bonchev–Trinajstić information content (AvgIpc) is 2.71. The molecule has 166 valence electrons. The van der Waals surface area contributed by atoms with Crippen LogP contribution in [0.1, 0.15) is 120 Å². The number of hydrogen-bond acceptors (Lipinski definition) is 3. The van der Waals surface area contributed by atoms with Crippen molar-refractivity contribution in [1.82, 2.24) is 0 Å².